The minimum atomic E-state index is -2.62. The molecule has 1 aliphatic carbocycles. The first kappa shape index (κ1) is 13.4. The lowest BCUT2D eigenvalue weighted by atomic mass is 9.84. The van der Waals surface area contributed by atoms with Gasteiger partial charge in [0.2, 0.25) is 0 Å². The maximum Gasteiger partial charge on any atom is 0.320 e. The van der Waals surface area contributed by atoms with E-state index < -0.39 is 21.7 Å². The Morgan fingerprint density at radius 3 is 2.56 bits per heavy atom. The van der Waals surface area contributed by atoms with Gasteiger partial charge in [-0.25, -0.2) is 4.21 Å². The molecule has 1 rings (SSSR count). The second kappa shape index (κ2) is 5.63. The largest absolute Gasteiger partial charge is 0.480 e. The number of nitrogens with two attached hydrogens (primary N) is 1. The first-order chi connectivity index (χ1) is 7.41. The quantitative estimate of drug-likeness (QED) is 0.625. The number of rotatable bonds is 7. The molecule has 94 valence electrons. The van der Waals surface area contributed by atoms with Gasteiger partial charge >= 0.3 is 5.97 Å². The summed E-state index contributed by atoms with van der Waals surface area (Å²) in [6.07, 6.45) is 4.58. The Morgan fingerprint density at radius 1 is 1.50 bits per heavy atom. The highest BCUT2D eigenvalue weighted by molar-refractivity contribution is 7.92. The van der Waals surface area contributed by atoms with E-state index in [1.807, 2.05) is 0 Å². The molecule has 0 bridgehead atoms. The van der Waals surface area contributed by atoms with Gasteiger partial charge in [-0.3, -0.25) is 9.57 Å². The second-order valence-electron chi connectivity index (χ2n) is 4.54. The van der Waals surface area contributed by atoms with Gasteiger partial charge in [-0.15, -0.1) is 0 Å². The smallest absolute Gasteiger partial charge is 0.320 e. The van der Waals surface area contributed by atoms with Crippen LogP contribution in [0.25, 0.3) is 0 Å². The van der Waals surface area contributed by atoms with E-state index in [2.05, 4.69) is 0 Å². The molecule has 0 radical (unpaired) electrons. The molecule has 6 heteroatoms. The Labute approximate surface area is 96.4 Å². The molecule has 1 aliphatic rings. The molecule has 0 aromatic heterocycles. The molecule has 0 heterocycles. The third-order valence-corrected chi connectivity index (χ3v) is 4.95. The van der Waals surface area contributed by atoms with Gasteiger partial charge in [0.15, 0.2) is 0 Å². The molecule has 1 saturated carbocycles. The molecule has 0 saturated heterocycles. The van der Waals surface area contributed by atoms with E-state index in [0.29, 0.717) is 11.7 Å². The summed E-state index contributed by atoms with van der Waals surface area (Å²) in [7, 11) is -2.62. The van der Waals surface area contributed by atoms with Crippen molar-refractivity contribution in [2.45, 2.75) is 38.1 Å². The fraction of sp³-hybridized carbons (Fsp3) is 0.900. The normalized spacial score (nSPS) is 22.1. The van der Waals surface area contributed by atoms with Crippen molar-refractivity contribution in [1.29, 1.82) is 4.78 Å². The summed E-state index contributed by atoms with van der Waals surface area (Å²) < 4.78 is 19.4. The standard InChI is InChI=1S/C10H20N2O3S/c11-9(10(13)14)5-7-16(12,15)6-4-8-2-1-3-8/h8-9,12H,1-7,11H2,(H,13,14)/t9-,16?/m0/s1. The lowest BCUT2D eigenvalue weighted by Gasteiger charge is -2.25. The van der Waals surface area contributed by atoms with Crippen molar-refractivity contribution in [3.8, 4) is 0 Å². The van der Waals surface area contributed by atoms with Crippen LogP contribution in [-0.2, 0) is 14.5 Å². The highest BCUT2D eigenvalue weighted by Gasteiger charge is 2.20. The van der Waals surface area contributed by atoms with Crippen LogP contribution in [0.5, 0.6) is 0 Å². The van der Waals surface area contributed by atoms with Crippen LogP contribution in [0.15, 0.2) is 0 Å². The summed E-state index contributed by atoms with van der Waals surface area (Å²) in [5.41, 5.74) is 5.31. The average molecular weight is 248 g/mol. The van der Waals surface area contributed by atoms with E-state index in [1.165, 1.54) is 19.3 Å². The zero-order valence-electron chi connectivity index (χ0n) is 9.35. The fourth-order valence-corrected chi connectivity index (χ4v) is 3.23. The van der Waals surface area contributed by atoms with E-state index in [4.69, 9.17) is 15.6 Å². The van der Waals surface area contributed by atoms with Crippen molar-refractivity contribution in [2.75, 3.05) is 11.5 Å². The number of carboxylic acids is 1. The van der Waals surface area contributed by atoms with Crippen LogP contribution >= 0.6 is 0 Å². The Morgan fingerprint density at radius 2 is 2.12 bits per heavy atom. The summed E-state index contributed by atoms with van der Waals surface area (Å²) in [6.45, 7) is 0. The van der Waals surface area contributed by atoms with Crippen molar-refractivity contribution >= 4 is 15.7 Å². The van der Waals surface area contributed by atoms with Crippen LogP contribution in [-0.4, -0.2) is 32.8 Å². The van der Waals surface area contributed by atoms with Crippen LogP contribution in [0, 0.1) is 10.7 Å². The Hall–Kier alpha value is -0.620. The van der Waals surface area contributed by atoms with Gasteiger partial charge < -0.3 is 10.8 Å². The summed E-state index contributed by atoms with van der Waals surface area (Å²) in [4.78, 5) is 10.5. The zero-order chi connectivity index (χ0) is 12.2. The third-order valence-electron chi connectivity index (χ3n) is 3.16. The van der Waals surface area contributed by atoms with Crippen molar-refractivity contribution in [2.24, 2.45) is 11.7 Å². The van der Waals surface area contributed by atoms with E-state index in [0.717, 1.165) is 6.42 Å². The van der Waals surface area contributed by atoms with Gasteiger partial charge in [0.25, 0.3) is 0 Å². The van der Waals surface area contributed by atoms with Gasteiger partial charge in [0, 0.05) is 21.2 Å². The van der Waals surface area contributed by atoms with Crippen LogP contribution in [0.4, 0.5) is 0 Å². The minimum absolute atomic E-state index is 0.104. The summed E-state index contributed by atoms with van der Waals surface area (Å²) in [5, 5.41) is 8.57. The number of hydrogen-bond donors (Lipinski definition) is 3. The van der Waals surface area contributed by atoms with Gasteiger partial charge in [-0.05, 0) is 18.8 Å². The van der Waals surface area contributed by atoms with Crippen molar-refractivity contribution < 1.29 is 14.1 Å². The molecular formula is C10H20N2O3S. The summed E-state index contributed by atoms with van der Waals surface area (Å²) in [5.74, 6) is 0.0468. The molecule has 2 atom stereocenters. The number of nitrogens with one attached hydrogen (secondary N) is 1. The molecule has 1 fully saturated rings. The van der Waals surface area contributed by atoms with Gasteiger partial charge in [0.1, 0.15) is 6.04 Å². The van der Waals surface area contributed by atoms with Crippen molar-refractivity contribution in [1.82, 2.24) is 0 Å². The maximum absolute atomic E-state index is 11.8. The molecular weight excluding hydrogens is 228 g/mol. The van der Waals surface area contributed by atoms with Crippen LogP contribution in [0.3, 0.4) is 0 Å². The molecule has 0 spiro atoms. The predicted octanol–water partition coefficient (Wildman–Crippen LogP) is 1.03. The van der Waals surface area contributed by atoms with E-state index in [-0.39, 0.29) is 12.2 Å². The topological polar surface area (TPSA) is 104 Å². The fourth-order valence-electron chi connectivity index (χ4n) is 1.68. The minimum Gasteiger partial charge on any atom is -0.480 e. The molecule has 5 nitrogen and oxygen atoms in total. The Bertz CT molecular complexity index is 336. The van der Waals surface area contributed by atoms with Crippen LogP contribution in [0.2, 0.25) is 0 Å². The molecule has 16 heavy (non-hydrogen) atoms. The first-order valence-corrected chi connectivity index (χ1v) is 7.53. The highest BCUT2D eigenvalue weighted by atomic mass is 32.2. The highest BCUT2D eigenvalue weighted by Crippen LogP contribution is 2.29. The first-order valence-electron chi connectivity index (χ1n) is 5.63. The van der Waals surface area contributed by atoms with Gasteiger partial charge in [0.05, 0.1) is 0 Å². The van der Waals surface area contributed by atoms with Crippen LogP contribution < -0.4 is 5.73 Å². The lowest BCUT2D eigenvalue weighted by molar-refractivity contribution is -0.138. The summed E-state index contributed by atoms with van der Waals surface area (Å²) in [6, 6.07) is -0.991. The van der Waals surface area contributed by atoms with E-state index in [9.17, 15) is 9.00 Å². The second-order valence-corrected chi connectivity index (χ2v) is 6.98. The van der Waals surface area contributed by atoms with E-state index >= 15 is 0 Å². The molecule has 0 amide bonds. The van der Waals surface area contributed by atoms with Crippen molar-refractivity contribution in [3.63, 3.8) is 0 Å². The van der Waals surface area contributed by atoms with Crippen molar-refractivity contribution in [3.05, 3.63) is 0 Å². The lowest BCUT2D eigenvalue weighted by Crippen LogP contribution is -2.32. The Kier molecular flexibility index (Phi) is 4.73. The monoisotopic (exact) mass is 248 g/mol. The molecule has 0 aliphatic heterocycles. The number of carbonyl (C=O) groups is 1. The van der Waals surface area contributed by atoms with Gasteiger partial charge in [-0.1, -0.05) is 19.3 Å². The predicted molar refractivity (Wildman–Crippen MR) is 62.8 cm³/mol. The molecule has 4 N–H and O–H groups in total. The number of carboxylic acid groups (broad SMARTS) is 1. The molecule has 1 unspecified atom stereocenters. The number of hydrogen-bond acceptors (Lipinski definition) is 4. The zero-order valence-corrected chi connectivity index (χ0v) is 10.2. The molecule has 0 aromatic carbocycles. The maximum atomic E-state index is 11.8. The van der Waals surface area contributed by atoms with Crippen LogP contribution in [0.1, 0.15) is 32.1 Å². The SMILES string of the molecule is N=S(=O)(CCC1CCC1)CC[C@H](N)C(=O)O. The van der Waals surface area contributed by atoms with Gasteiger partial charge in [-0.2, -0.15) is 0 Å². The van der Waals surface area contributed by atoms with E-state index in [1.54, 1.807) is 0 Å². The Balaban J connectivity index is 2.24. The third kappa shape index (κ3) is 4.49. The molecule has 0 aromatic rings. The number of aliphatic carboxylic acids is 1. The average Bonchev–Trinajstić information content (AvgIpc) is 2.11. The summed E-state index contributed by atoms with van der Waals surface area (Å²) >= 11 is 0.